The van der Waals surface area contributed by atoms with Crippen molar-refractivity contribution in [2.45, 2.75) is 31.6 Å². The number of hydrogen-bond acceptors (Lipinski definition) is 3. The van der Waals surface area contributed by atoms with E-state index in [1.165, 1.54) is 12.6 Å². The lowest BCUT2D eigenvalue weighted by molar-refractivity contribution is 0.486. The van der Waals surface area contributed by atoms with Crippen molar-refractivity contribution in [2.24, 2.45) is 4.99 Å². The van der Waals surface area contributed by atoms with Gasteiger partial charge in [-0.15, -0.1) is 24.0 Å². The lowest BCUT2D eigenvalue weighted by Gasteiger charge is -2.22. The first kappa shape index (κ1) is 24.6. The molecule has 1 saturated heterocycles. The van der Waals surface area contributed by atoms with E-state index in [1.54, 1.807) is 0 Å². The molecule has 6 nitrogen and oxygen atoms in total. The molecule has 1 aliphatic rings. The number of sulfonamides is 1. The van der Waals surface area contributed by atoms with Crippen LogP contribution in [0.1, 0.15) is 36.0 Å². The van der Waals surface area contributed by atoms with E-state index in [2.05, 4.69) is 52.2 Å². The maximum atomic E-state index is 11.8. The number of rotatable bonds is 7. The zero-order valence-electron chi connectivity index (χ0n) is 17.5. The van der Waals surface area contributed by atoms with Crippen molar-refractivity contribution >= 4 is 40.0 Å². The molecule has 164 valence electrons. The fourth-order valence-electron chi connectivity index (χ4n) is 3.65. The predicted molar refractivity (Wildman–Crippen MR) is 134 cm³/mol. The molecular formula is C22H31IN4O2S. The van der Waals surface area contributed by atoms with Crippen LogP contribution in [-0.4, -0.2) is 46.0 Å². The summed E-state index contributed by atoms with van der Waals surface area (Å²) in [5, 5.41) is 3.40. The van der Waals surface area contributed by atoms with Gasteiger partial charge in [0.2, 0.25) is 10.0 Å². The molecule has 0 radical (unpaired) electrons. The fourth-order valence-corrected chi connectivity index (χ4v) is 4.41. The number of likely N-dealkylation sites (tertiary alicyclic amines) is 1. The van der Waals surface area contributed by atoms with Crippen molar-refractivity contribution in [3.63, 3.8) is 0 Å². The molecule has 3 rings (SSSR count). The molecule has 30 heavy (non-hydrogen) atoms. The van der Waals surface area contributed by atoms with Gasteiger partial charge in [0.15, 0.2) is 5.96 Å². The lowest BCUT2D eigenvalue weighted by Crippen LogP contribution is -2.40. The monoisotopic (exact) mass is 542 g/mol. The zero-order chi connectivity index (χ0) is 20.7. The van der Waals surface area contributed by atoms with Crippen molar-refractivity contribution in [1.82, 2.24) is 14.9 Å². The highest BCUT2D eigenvalue weighted by molar-refractivity contribution is 14.0. The van der Waals surface area contributed by atoms with Crippen LogP contribution in [0.5, 0.6) is 0 Å². The summed E-state index contributed by atoms with van der Waals surface area (Å²) >= 11 is 0. The predicted octanol–water partition coefficient (Wildman–Crippen LogP) is 3.31. The quantitative estimate of drug-likeness (QED) is 0.320. The van der Waals surface area contributed by atoms with Gasteiger partial charge in [-0.05, 0) is 37.1 Å². The average molecular weight is 542 g/mol. The van der Waals surface area contributed by atoms with Crippen LogP contribution in [0.25, 0.3) is 0 Å². The van der Waals surface area contributed by atoms with Gasteiger partial charge >= 0.3 is 0 Å². The van der Waals surface area contributed by atoms with E-state index >= 15 is 0 Å². The number of nitrogens with zero attached hydrogens (tertiary/aromatic N) is 2. The van der Waals surface area contributed by atoms with Crippen LogP contribution in [0.15, 0.2) is 59.6 Å². The minimum atomic E-state index is -3.28. The first-order valence-corrected chi connectivity index (χ1v) is 11.7. The molecule has 1 heterocycles. The highest BCUT2D eigenvalue weighted by Crippen LogP contribution is 2.27. The standard InChI is InChI=1S/C22H30N4O2S.HI/c1-3-24-22(26-13-12-21(16-26)20-10-5-4-6-11-20)25-15-18-8-7-9-19(14-18)17-29(27,28)23-2;/h4-11,14,21,23H,3,12-13,15-17H2,1-2H3,(H,24,25);1H. The van der Waals surface area contributed by atoms with E-state index in [4.69, 9.17) is 4.99 Å². The summed E-state index contributed by atoms with van der Waals surface area (Å²) in [7, 11) is -1.85. The number of guanidine groups is 1. The Morgan fingerprint density at radius 1 is 1.13 bits per heavy atom. The zero-order valence-corrected chi connectivity index (χ0v) is 20.7. The maximum Gasteiger partial charge on any atom is 0.215 e. The van der Waals surface area contributed by atoms with Gasteiger partial charge in [-0.25, -0.2) is 18.1 Å². The number of halogens is 1. The van der Waals surface area contributed by atoms with Crippen LogP contribution >= 0.6 is 24.0 Å². The minimum absolute atomic E-state index is 0. The van der Waals surface area contributed by atoms with Gasteiger partial charge in [0.1, 0.15) is 0 Å². The van der Waals surface area contributed by atoms with Gasteiger partial charge in [-0.2, -0.15) is 0 Å². The molecule has 1 fully saturated rings. The van der Waals surface area contributed by atoms with Crippen LogP contribution in [0.3, 0.4) is 0 Å². The van der Waals surface area contributed by atoms with Crippen molar-refractivity contribution in [1.29, 1.82) is 0 Å². The Balaban J connectivity index is 0.00000320. The summed E-state index contributed by atoms with van der Waals surface area (Å²) in [5.74, 6) is 1.42. The van der Waals surface area contributed by atoms with Crippen LogP contribution in [-0.2, 0) is 22.3 Å². The van der Waals surface area contributed by atoms with Crippen LogP contribution in [0, 0.1) is 0 Å². The van der Waals surface area contributed by atoms with Crippen molar-refractivity contribution in [2.75, 3.05) is 26.7 Å². The summed E-state index contributed by atoms with van der Waals surface area (Å²) in [6.45, 7) is 5.33. The molecule has 1 unspecified atom stereocenters. The molecule has 2 N–H and O–H groups in total. The second-order valence-corrected chi connectivity index (χ2v) is 9.22. The van der Waals surface area contributed by atoms with Crippen molar-refractivity contribution in [3.05, 3.63) is 71.3 Å². The first-order valence-electron chi connectivity index (χ1n) is 10.1. The Morgan fingerprint density at radius 2 is 1.87 bits per heavy atom. The number of aliphatic imine (C=N–C) groups is 1. The third kappa shape index (κ3) is 6.95. The van der Waals surface area contributed by atoms with Crippen molar-refractivity contribution in [3.8, 4) is 0 Å². The molecule has 0 bridgehead atoms. The summed E-state index contributed by atoms with van der Waals surface area (Å²) in [6, 6.07) is 18.3. The Morgan fingerprint density at radius 3 is 2.57 bits per heavy atom. The fraction of sp³-hybridized carbons (Fsp3) is 0.409. The van der Waals surface area contributed by atoms with E-state index in [-0.39, 0.29) is 29.7 Å². The second-order valence-electron chi connectivity index (χ2n) is 7.30. The molecule has 0 aliphatic carbocycles. The number of benzene rings is 2. The summed E-state index contributed by atoms with van der Waals surface area (Å²) in [4.78, 5) is 7.13. The van der Waals surface area contributed by atoms with Crippen LogP contribution in [0.4, 0.5) is 0 Å². The molecule has 0 amide bonds. The highest BCUT2D eigenvalue weighted by Gasteiger charge is 2.25. The summed E-state index contributed by atoms with van der Waals surface area (Å²) in [5.41, 5.74) is 3.15. The topological polar surface area (TPSA) is 73.8 Å². The number of nitrogens with one attached hydrogen (secondary N) is 2. The third-order valence-corrected chi connectivity index (χ3v) is 6.50. The molecule has 0 spiro atoms. The maximum absolute atomic E-state index is 11.8. The van der Waals surface area contributed by atoms with Crippen molar-refractivity contribution < 1.29 is 8.42 Å². The molecule has 0 aromatic heterocycles. The third-order valence-electron chi connectivity index (χ3n) is 5.16. The SMILES string of the molecule is CCNC(=NCc1cccc(CS(=O)(=O)NC)c1)N1CCC(c2ccccc2)C1.I. The van der Waals surface area contributed by atoms with E-state index in [0.717, 1.165) is 43.1 Å². The van der Waals surface area contributed by atoms with Gasteiger partial charge < -0.3 is 10.2 Å². The minimum Gasteiger partial charge on any atom is -0.357 e. The van der Waals surface area contributed by atoms with Crippen LogP contribution in [0.2, 0.25) is 0 Å². The molecular weight excluding hydrogens is 511 g/mol. The second kappa shape index (κ2) is 11.7. The summed E-state index contributed by atoms with van der Waals surface area (Å²) in [6.07, 6.45) is 1.12. The van der Waals surface area contributed by atoms with Gasteiger partial charge in [-0.1, -0.05) is 54.6 Å². The van der Waals surface area contributed by atoms with E-state index in [1.807, 2.05) is 24.3 Å². The molecule has 0 saturated carbocycles. The van der Waals surface area contributed by atoms with E-state index in [9.17, 15) is 8.42 Å². The highest BCUT2D eigenvalue weighted by atomic mass is 127. The Kier molecular flexibility index (Phi) is 9.57. The Labute approximate surface area is 197 Å². The van der Waals surface area contributed by atoms with Gasteiger partial charge in [0.05, 0.1) is 12.3 Å². The smallest absolute Gasteiger partial charge is 0.215 e. The molecule has 2 aromatic carbocycles. The molecule has 2 aromatic rings. The van der Waals surface area contributed by atoms with E-state index in [0.29, 0.717) is 12.5 Å². The Hall–Kier alpha value is -1.65. The average Bonchev–Trinajstić information content (AvgIpc) is 3.22. The van der Waals surface area contributed by atoms with Gasteiger partial charge in [0.25, 0.3) is 0 Å². The van der Waals surface area contributed by atoms with Gasteiger partial charge in [0, 0.05) is 25.6 Å². The normalized spacial score (nSPS) is 16.9. The molecule has 1 atom stereocenters. The Bertz CT molecular complexity index is 935. The first-order chi connectivity index (χ1) is 14.0. The summed E-state index contributed by atoms with van der Waals surface area (Å²) < 4.78 is 26.0. The number of hydrogen-bond donors (Lipinski definition) is 2. The molecule has 1 aliphatic heterocycles. The molecule has 8 heteroatoms. The van der Waals surface area contributed by atoms with E-state index < -0.39 is 10.0 Å². The lowest BCUT2D eigenvalue weighted by atomic mass is 9.99. The largest absolute Gasteiger partial charge is 0.357 e. The van der Waals surface area contributed by atoms with Crippen LogP contribution < -0.4 is 10.0 Å². The van der Waals surface area contributed by atoms with Gasteiger partial charge in [-0.3, -0.25) is 0 Å².